The molecule has 7 nitrogen and oxygen atoms in total. The van der Waals surface area contributed by atoms with Crippen molar-refractivity contribution in [2.24, 2.45) is 0 Å². The zero-order valence-electron chi connectivity index (χ0n) is 17.4. The fraction of sp³-hybridized carbons (Fsp3) is 0.182. The van der Waals surface area contributed by atoms with Crippen LogP contribution in [0.25, 0.3) is 16.8 Å². The average Bonchev–Trinajstić information content (AvgIpc) is 3.39. The van der Waals surface area contributed by atoms with Gasteiger partial charge in [-0.2, -0.15) is 5.26 Å². The first-order valence-electron chi connectivity index (χ1n) is 9.37. The van der Waals surface area contributed by atoms with Crippen molar-refractivity contribution in [1.29, 1.82) is 5.26 Å². The SMILES string of the molecule is CCOC(=O)c1c(NC=C(C#N)c2nc(-c3ccc(Br)cc3)cs2)sc(C(=O)OC)c1C. The van der Waals surface area contributed by atoms with Crippen molar-refractivity contribution in [3.05, 3.63) is 61.3 Å². The molecule has 0 amide bonds. The number of anilines is 1. The number of thiazole rings is 1. The number of nitrogens with one attached hydrogen (secondary N) is 1. The fourth-order valence-corrected chi connectivity index (χ4v) is 4.92. The number of carbonyl (C=O) groups is 2. The van der Waals surface area contributed by atoms with Crippen LogP contribution in [0, 0.1) is 18.3 Å². The average molecular weight is 532 g/mol. The van der Waals surface area contributed by atoms with Crippen molar-refractivity contribution < 1.29 is 19.1 Å². The largest absolute Gasteiger partial charge is 0.465 e. The Balaban J connectivity index is 1.93. The fourth-order valence-electron chi connectivity index (χ4n) is 2.78. The molecule has 0 fully saturated rings. The van der Waals surface area contributed by atoms with Gasteiger partial charge >= 0.3 is 11.9 Å². The Kier molecular flexibility index (Phi) is 7.80. The van der Waals surface area contributed by atoms with Crippen LogP contribution < -0.4 is 5.32 Å². The minimum absolute atomic E-state index is 0.193. The standard InChI is InChI=1S/C22H18BrN3O4S2/c1-4-30-21(27)17-12(2)18(22(28)29-3)32-20(17)25-10-14(9-24)19-26-16(11-31-19)13-5-7-15(23)8-6-13/h5-8,10-11,25H,4H2,1-3H3. The van der Waals surface area contributed by atoms with Gasteiger partial charge in [0, 0.05) is 21.6 Å². The van der Waals surface area contributed by atoms with Crippen LogP contribution >= 0.6 is 38.6 Å². The van der Waals surface area contributed by atoms with Crippen molar-refractivity contribution in [2.45, 2.75) is 13.8 Å². The van der Waals surface area contributed by atoms with E-state index in [1.165, 1.54) is 24.6 Å². The molecule has 1 N–H and O–H groups in total. The molecule has 0 aliphatic heterocycles. The number of allylic oxidation sites excluding steroid dienone is 1. The van der Waals surface area contributed by atoms with Crippen LogP contribution in [0.1, 0.15) is 37.5 Å². The van der Waals surface area contributed by atoms with Crippen LogP contribution in [0.3, 0.4) is 0 Å². The van der Waals surface area contributed by atoms with E-state index >= 15 is 0 Å². The summed E-state index contributed by atoms with van der Waals surface area (Å²) in [5.41, 5.74) is 2.67. The third-order valence-electron chi connectivity index (χ3n) is 4.34. The van der Waals surface area contributed by atoms with Crippen LogP contribution in [0.2, 0.25) is 0 Å². The van der Waals surface area contributed by atoms with E-state index in [2.05, 4.69) is 32.3 Å². The second kappa shape index (κ2) is 10.5. The van der Waals surface area contributed by atoms with Gasteiger partial charge < -0.3 is 14.8 Å². The molecule has 0 bridgehead atoms. The molecule has 0 saturated carbocycles. The first-order valence-corrected chi connectivity index (χ1v) is 11.9. The summed E-state index contributed by atoms with van der Waals surface area (Å²) in [7, 11) is 1.28. The molecule has 0 aliphatic rings. The predicted molar refractivity (Wildman–Crippen MR) is 129 cm³/mol. The summed E-state index contributed by atoms with van der Waals surface area (Å²) in [4.78, 5) is 29.4. The number of thiophene rings is 1. The van der Waals surface area contributed by atoms with Gasteiger partial charge in [-0.3, -0.25) is 0 Å². The predicted octanol–water partition coefficient (Wildman–Crippen LogP) is 5.88. The Bertz CT molecular complexity index is 1220. The van der Waals surface area contributed by atoms with Gasteiger partial charge in [0.2, 0.25) is 0 Å². The molecule has 0 unspecified atom stereocenters. The number of hydrogen-bond donors (Lipinski definition) is 1. The molecule has 0 spiro atoms. The molecule has 0 radical (unpaired) electrons. The number of halogens is 1. The number of ether oxygens (including phenoxy) is 2. The van der Waals surface area contributed by atoms with Crippen molar-refractivity contribution in [3.8, 4) is 17.3 Å². The normalized spacial score (nSPS) is 11.0. The van der Waals surface area contributed by atoms with E-state index in [-0.39, 0.29) is 17.0 Å². The zero-order valence-corrected chi connectivity index (χ0v) is 20.6. The van der Waals surface area contributed by atoms with E-state index in [1.54, 1.807) is 13.8 Å². The lowest BCUT2D eigenvalue weighted by molar-refractivity contribution is 0.0527. The smallest absolute Gasteiger partial charge is 0.348 e. The first kappa shape index (κ1) is 23.7. The second-order valence-corrected chi connectivity index (χ2v) is 9.13. The molecule has 3 rings (SSSR count). The van der Waals surface area contributed by atoms with E-state index in [9.17, 15) is 14.9 Å². The van der Waals surface area contributed by atoms with Crippen LogP contribution in [-0.4, -0.2) is 30.6 Å². The molecule has 10 heteroatoms. The number of benzene rings is 1. The Morgan fingerprint density at radius 3 is 2.62 bits per heavy atom. The summed E-state index contributed by atoms with van der Waals surface area (Å²) in [6.07, 6.45) is 1.47. The number of rotatable bonds is 7. The van der Waals surface area contributed by atoms with Crippen molar-refractivity contribution in [2.75, 3.05) is 19.0 Å². The van der Waals surface area contributed by atoms with Crippen molar-refractivity contribution in [1.82, 2.24) is 4.98 Å². The van der Waals surface area contributed by atoms with Crippen LogP contribution in [0.4, 0.5) is 5.00 Å². The summed E-state index contributed by atoms with van der Waals surface area (Å²) in [5.74, 6) is -1.10. The minimum Gasteiger partial charge on any atom is -0.465 e. The maximum atomic E-state index is 12.5. The first-order chi connectivity index (χ1) is 15.4. The highest BCUT2D eigenvalue weighted by Gasteiger charge is 2.26. The quantitative estimate of drug-likeness (QED) is 0.299. The molecule has 0 saturated heterocycles. The van der Waals surface area contributed by atoms with Gasteiger partial charge in [-0.05, 0) is 31.5 Å². The topological polar surface area (TPSA) is 101 Å². The maximum Gasteiger partial charge on any atom is 0.348 e. The monoisotopic (exact) mass is 531 g/mol. The summed E-state index contributed by atoms with van der Waals surface area (Å²) in [6.45, 7) is 3.55. The van der Waals surface area contributed by atoms with Gasteiger partial charge in [0.1, 0.15) is 26.5 Å². The summed E-state index contributed by atoms with van der Waals surface area (Å²) in [5, 5.41) is 15.4. The molecular weight excluding hydrogens is 514 g/mol. The molecule has 2 aromatic heterocycles. The highest BCUT2D eigenvalue weighted by atomic mass is 79.9. The molecule has 3 aromatic rings. The lowest BCUT2D eigenvalue weighted by atomic mass is 10.1. The van der Waals surface area contributed by atoms with E-state index in [0.29, 0.717) is 21.1 Å². The number of carbonyl (C=O) groups excluding carboxylic acids is 2. The number of nitrogens with zero attached hydrogens (tertiary/aromatic N) is 2. The highest BCUT2D eigenvalue weighted by molar-refractivity contribution is 9.10. The lowest BCUT2D eigenvalue weighted by Gasteiger charge is -2.05. The van der Waals surface area contributed by atoms with E-state index in [4.69, 9.17) is 9.47 Å². The van der Waals surface area contributed by atoms with Gasteiger partial charge in [0.05, 0.1) is 25.0 Å². The second-order valence-electron chi connectivity index (χ2n) is 6.33. The number of methoxy groups -OCH3 is 1. The van der Waals surface area contributed by atoms with Gasteiger partial charge in [-0.1, -0.05) is 28.1 Å². The van der Waals surface area contributed by atoms with E-state index in [0.717, 1.165) is 27.1 Å². The van der Waals surface area contributed by atoms with Gasteiger partial charge in [0.25, 0.3) is 0 Å². The molecule has 1 aromatic carbocycles. The number of aromatic nitrogens is 1. The molecule has 0 atom stereocenters. The summed E-state index contributed by atoms with van der Waals surface area (Å²) in [6, 6.07) is 9.84. The van der Waals surface area contributed by atoms with Crippen molar-refractivity contribution in [3.63, 3.8) is 0 Å². The Hall–Kier alpha value is -3.00. The van der Waals surface area contributed by atoms with Gasteiger partial charge in [-0.15, -0.1) is 22.7 Å². The van der Waals surface area contributed by atoms with Crippen LogP contribution in [0.5, 0.6) is 0 Å². The van der Waals surface area contributed by atoms with Gasteiger partial charge in [-0.25, -0.2) is 14.6 Å². The summed E-state index contributed by atoms with van der Waals surface area (Å²) >= 11 is 5.81. The third kappa shape index (κ3) is 5.07. The number of esters is 2. The number of hydrogen-bond acceptors (Lipinski definition) is 9. The Labute approximate surface area is 201 Å². The maximum absolute atomic E-state index is 12.5. The highest BCUT2D eigenvalue weighted by Crippen LogP contribution is 2.35. The van der Waals surface area contributed by atoms with Crippen molar-refractivity contribution >= 4 is 61.1 Å². The molecule has 2 heterocycles. The van der Waals surface area contributed by atoms with Gasteiger partial charge in [0.15, 0.2) is 0 Å². The summed E-state index contributed by atoms with van der Waals surface area (Å²) < 4.78 is 10.9. The van der Waals surface area contributed by atoms with E-state index in [1.807, 2.05) is 29.6 Å². The molecule has 0 aliphatic carbocycles. The Morgan fingerprint density at radius 1 is 1.28 bits per heavy atom. The molecule has 164 valence electrons. The molecule has 32 heavy (non-hydrogen) atoms. The van der Waals surface area contributed by atoms with Crippen LogP contribution in [-0.2, 0) is 9.47 Å². The number of nitriles is 1. The van der Waals surface area contributed by atoms with E-state index < -0.39 is 11.9 Å². The molecular formula is C22H18BrN3O4S2. The Morgan fingerprint density at radius 2 is 2.00 bits per heavy atom. The van der Waals surface area contributed by atoms with Crippen LogP contribution in [0.15, 0.2) is 40.3 Å². The zero-order chi connectivity index (χ0) is 23.3. The minimum atomic E-state index is -0.558. The third-order valence-corrected chi connectivity index (χ3v) is 6.95. The lowest BCUT2D eigenvalue weighted by Crippen LogP contribution is -2.08.